The van der Waals surface area contributed by atoms with E-state index in [1.165, 1.54) is 0 Å². The molecule has 2 heterocycles. The quantitative estimate of drug-likeness (QED) is 0.423. The number of carbonyl (C=O) groups excluding carboxylic acids is 1. The average molecular weight is 462 g/mol. The summed E-state index contributed by atoms with van der Waals surface area (Å²) in [5, 5.41) is 7.58. The number of hydrogen-bond acceptors (Lipinski definition) is 7. The summed E-state index contributed by atoms with van der Waals surface area (Å²) in [5.74, 6) is 2.98. The van der Waals surface area contributed by atoms with Gasteiger partial charge in [-0.25, -0.2) is 9.50 Å². The van der Waals surface area contributed by atoms with E-state index in [0.717, 1.165) is 34.0 Å². The summed E-state index contributed by atoms with van der Waals surface area (Å²) in [4.78, 5) is 21.7. The first-order valence-electron chi connectivity index (χ1n) is 10.8. The maximum Gasteiger partial charge on any atom is 0.253 e. The monoisotopic (exact) mass is 461 g/mol. The lowest BCUT2D eigenvalue weighted by molar-refractivity contribution is -0.116. The fourth-order valence-corrected chi connectivity index (χ4v) is 3.77. The van der Waals surface area contributed by atoms with E-state index in [1.54, 1.807) is 31.9 Å². The standard InChI is InChI=1S/C25H27N5O4/c1-15-22(10-11-23(31)27-18-6-8-19(32-3)9-7-18)16(2)30-25(26-15)28-24(29-30)17-12-20(33-4)14-21(13-17)34-5/h6-9,12-14H,10-11H2,1-5H3,(H,27,31). The van der Waals surface area contributed by atoms with Crippen molar-refractivity contribution in [2.45, 2.75) is 26.7 Å². The first-order chi connectivity index (χ1) is 16.4. The van der Waals surface area contributed by atoms with E-state index in [4.69, 9.17) is 14.2 Å². The largest absolute Gasteiger partial charge is 0.497 e. The lowest BCUT2D eigenvalue weighted by Gasteiger charge is -2.11. The minimum Gasteiger partial charge on any atom is -0.497 e. The Morgan fingerprint density at radius 2 is 1.56 bits per heavy atom. The number of nitrogens with zero attached hydrogens (tertiary/aromatic N) is 4. The van der Waals surface area contributed by atoms with E-state index in [9.17, 15) is 4.79 Å². The fourth-order valence-electron chi connectivity index (χ4n) is 3.77. The lowest BCUT2D eigenvalue weighted by Crippen LogP contribution is -2.14. The summed E-state index contributed by atoms with van der Waals surface area (Å²) in [7, 11) is 4.80. The molecule has 0 atom stereocenters. The maximum absolute atomic E-state index is 12.5. The SMILES string of the molecule is COc1ccc(NC(=O)CCc2c(C)nc3nc(-c4cc(OC)cc(OC)c4)nn3c2C)cc1. The topological polar surface area (TPSA) is 99.9 Å². The van der Waals surface area contributed by atoms with Gasteiger partial charge in [-0.2, -0.15) is 4.98 Å². The second kappa shape index (κ2) is 9.78. The Kier molecular flexibility index (Phi) is 6.62. The number of methoxy groups -OCH3 is 3. The summed E-state index contributed by atoms with van der Waals surface area (Å²) < 4.78 is 17.6. The molecule has 0 aliphatic heterocycles. The van der Waals surface area contributed by atoms with Gasteiger partial charge in [-0.1, -0.05) is 0 Å². The number of ether oxygens (including phenoxy) is 3. The summed E-state index contributed by atoms with van der Waals surface area (Å²) >= 11 is 0. The number of fused-ring (bicyclic) bond motifs is 1. The highest BCUT2D eigenvalue weighted by molar-refractivity contribution is 5.90. The molecular weight excluding hydrogens is 434 g/mol. The molecule has 4 rings (SSSR count). The molecular formula is C25H27N5O4. The molecule has 0 spiro atoms. The number of aryl methyl sites for hydroxylation is 2. The second-order valence-electron chi connectivity index (χ2n) is 7.79. The molecule has 0 radical (unpaired) electrons. The zero-order chi connectivity index (χ0) is 24.2. The molecule has 9 nitrogen and oxygen atoms in total. The molecule has 2 aromatic carbocycles. The van der Waals surface area contributed by atoms with Gasteiger partial charge in [-0.05, 0) is 62.2 Å². The van der Waals surface area contributed by atoms with Gasteiger partial charge >= 0.3 is 0 Å². The van der Waals surface area contributed by atoms with Crippen LogP contribution in [0, 0.1) is 13.8 Å². The normalized spacial score (nSPS) is 10.9. The highest BCUT2D eigenvalue weighted by atomic mass is 16.5. The number of anilines is 1. The first-order valence-corrected chi connectivity index (χ1v) is 10.8. The number of carbonyl (C=O) groups is 1. The third-order valence-electron chi connectivity index (χ3n) is 5.63. The van der Waals surface area contributed by atoms with Crippen molar-refractivity contribution in [2.24, 2.45) is 0 Å². The Morgan fingerprint density at radius 1 is 0.912 bits per heavy atom. The van der Waals surface area contributed by atoms with Crippen LogP contribution in [0.25, 0.3) is 17.2 Å². The molecule has 0 aliphatic carbocycles. The number of nitrogens with one attached hydrogen (secondary N) is 1. The van der Waals surface area contributed by atoms with Crippen LogP contribution in [0.15, 0.2) is 42.5 Å². The van der Waals surface area contributed by atoms with Gasteiger partial charge in [0.25, 0.3) is 5.78 Å². The molecule has 1 N–H and O–H groups in total. The molecule has 34 heavy (non-hydrogen) atoms. The van der Waals surface area contributed by atoms with Crippen LogP contribution in [-0.4, -0.2) is 46.8 Å². The number of benzene rings is 2. The third-order valence-corrected chi connectivity index (χ3v) is 5.63. The van der Waals surface area contributed by atoms with Gasteiger partial charge in [0.15, 0.2) is 5.82 Å². The summed E-state index contributed by atoms with van der Waals surface area (Å²) in [5.41, 5.74) is 4.18. The van der Waals surface area contributed by atoms with Crippen molar-refractivity contribution in [2.75, 3.05) is 26.6 Å². The third kappa shape index (κ3) is 4.78. The zero-order valence-corrected chi connectivity index (χ0v) is 19.9. The molecule has 9 heteroatoms. The Balaban J connectivity index is 1.55. The van der Waals surface area contributed by atoms with Crippen LogP contribution in [0.2, 0.25) is 0 Å². The number of rotatable bonds is 8. The number of hydrogen-bond donors (Lipinski definition) is 1. The van der Waals surface area contributed by atoms with Crippen LogP contribution in [-0.2, 0) is 11.2 Å². The average Bonchev–Trinajstić information content (AvgIpc) is 3.28. The van der Waals surface area contributed by atoms with Gasteiger partial charge in [0.2, 0.25) is 5.91 Å². The predicted octanol–water partition coefficient (Wildman–Crippen LogP) is 4.01. The van der Waals surface area contributed by atoms with Crippen molar-refractivity contribution in [3.63, 3.8) is 0 Å². The van der Waals surface area contributed by atoms with Crippen LogP contribution >= 0.6 is 0 Å². The zero-order valence-electron chi connectivity index (χ0n) is 19.9. The predicted molar refractivity (Wildman–Crippen MR) is 129 cm³/mol. The first kappa shape index (κ1) is 23.0. The Labute approximate surface area is 197 Å². The van der Waals surface area contributed by atoms with Crippen molar-refractivity contribution >= 4 is 17.4 Å². The van der Waals surface area contributed by atoms with E-state index in [1.807, 2.05) is 50.2 Å². The minimum absolute atomic E-state index is 0.0770. The van der Waals surface area contributed by atoms with Crippen molar-refractivity contribution in [1.29, 1.82) is 0 Å². The van der Waals surface area contributed by atoms with Gasteiger partial charge in [-0.3, -0.25) is 4.79 Å². The van der Waals surface area contributed by atoms with Crippen molar-refractivity contribution in [3.8, 4) is 28.6 Å². The molecule has 4 aromatic rings. The van der Waals surface area contributed by atoms with E-state index < -0.39 is 0 Å². The van der Waals surface area contributed by atoms with E-state index in [0.29, 0.717) is 35.9 Å². The molecule has 0 fully saturated rings. The fraction of sp³-hybridized carbons (Fsp3) is 0.280. The van der Waals surface area contributed by atoms with Gasteiger partial charge in [0.1, 0.15) is 17.2 Å². The molecule has 176 valence electrons. The molecule has 0 bridgehead atoms. The molecule has 0 saturated heterocycles. The van der Waals surface area contributed by atoms with Gasteiger partial charge in [0.05, 0.1) is 21.3 Å². The van der Waals surface area contributed by atoms with Crippen LogP contribution in [0.1, 0.15) is 23.4 Å². The van der Waals surface area contributed by atoms with Crippen LogP contribution in [0.5, 0.6) is 17.2 Å². The van der Waals surface area contributed by atoms with E-state index >= 15 is 0 Å². The van der Waals surface area contributed by atoms with Crippen LogP contribution in [0.3, 0.4) is 0 Å². The Bertz CT molecular complexity index is 1310. The smallest absolute Gasteiger partial charge is 0.253 e. The summed E-state index contributed by atoms with van der Waals surface area (Å²) in [6.45, 7) is 3.88. The van der Waals surface area contributed by atoms with E-state index in [-0.39, 0.29) is 5.91 Å². The van der Waals surface area contributed by atoms with Crippen molar-refractivity contribution < 1.29 is 19.0 Å². The Hall–Kier alpha value is -4.14. The van der Waals surface area contributed by atoms with E-state index in [2.05, 4.69) is 20.4 Å². The second-order valence-corrected chi connectivity index (χ2v) is 7.79. The summed E-state index contributed by atoms with van der Waals surface area (Å²) in [6, 6.07) is 12.7. The molecule has 1 amide bonds. The van der Waals surface area contributed by atoms with Gasteiger partial charge < -0.3 is 19.5 Å². The molecule has 0 unspecified atom stereocenters. The van der Waals surface area contributed by atoms with Crippen molar-refractivity contribution in [3.05, 3.63) is 59.4 Å². The Morgan fingerprint density at radius 3 is 2.18 bits per heavy atom. The molecule has 0 aliphatic rings. The summed E-state index contributed by atoms with van der Waals surface area (Å²) in [6.07, 6.45) is 0.848. The number of amides is 1. The molecule has 0 saturated carbocycles. The van der Waals surface area contributed by atoms with Crippen molar-refractivity contribution in [1.82, 2.24) is 19.6 Å². The number of aromatic nitrogens is 4. The van der Waals surface area contributed by atoms with Gasteiger partial charge in [-0.15, -0.1) is 5.10 Å². The minimum atomic E-state index is -0.0770. The van der Waals surface area contributed by atoms with Gasteiger partial charge in [0, 0.05) is 35.1 Å². The van der Waals surface area contributed by atoms with Crippen LogP contribution in [0.4, 0.5) is 5.69 Å². The maximum atomic E-state index is 12.5. The lowest BCUT2D eigenvalue weighted by atomic mass is 10.1. The highest BCUT2D eigenvalue weighted by Gasteiger charge is 2.16. The van der Waals surface area contributed by atoms with Crippen LogP contribution < -0.4 is 19.5 Å². The molecule has 2 aromatic heterocycles. The highest BCUT2D eigenvalue weighted by Crippen LogP contribution is 2.28.